The molecule has 4 nitrogen and oxygen atoms in total. The van der Waals surface area contributed by atoms with Crippen LogP contribution in [-0.2, 0) is 4.79 Å². The van der Waals surface area contributed by atoms with E-state index in [0.29, 0.717) is 22.3 Å². The molecule has 0 aromatic heterocycles. The first-order valence-corrected chi connectivity index (χ1v) is 6.88. The lowest BCUT2D eigenvalue weighted by molar-refractivity contribution is -0.126. The third-order valence-electron chi connectivity index (χ3n) is 2.80. The number of benzene rings is 2. The highest BCUT2D eigenvalue weighted by molar-refractivity contribution is 6.30. The summed E-state index contributed by atoms with van der Waals surface area (Å²) in [6, 6.07) is 14.2. The van der Waals surface area contributed by atoms with Crippen LogP contribution in [0.25, 0.3) is 0 Å². The predicted octanol–water partition coefficient (Wildman–Crippen LogP) is 3.65. The van der Waals surface area contributed by atoms with Crippen LogP contribution < -0.4 is 14.8 Å². The second-order valence-corrected chi connectivity index (χ2v) is 4.84. The van der Waals surface area contributed by atoms with Gasteiger partial charge in [-0.25, -0.2) is 0 Å². The highest BCUT2D eigenvalue weighted by atomic mass is 35.5. The van der Waals surface area contributed by atoms with Crippen molar-refractivity contribution < 1.29 is 14.3 Å². The normalized spacial score (nSPS) is 11.6. The summed E-state index contributed by atoms with van der Waals surface area (Å²) in [5.41, 5.74) is 0. The molecule has 0 aliphatic rings. The van der Waals surface area contributed by atoms with Crippen LogP contribution in [0.3, 0.4) is 0 Å². The third kappa shape index (κ3) is 4.39. The van der Waals surface area contributed by atoms with Crippen molar-refractivity contribution in [3.8, 4) is 17.2 Å². The fraction of sp³-hybridized carbons (Fsp3) is 0.188. The Morgan fingerprint density at radius 1 is 1.00 bits per heavy atom. The van der Waals surface area contributed by atoms with Crippen molar-refractivity contribution in [2.45, 2.75) is 13.0 Å². The van der Waals surface area contributed by atoms with Crippen LogP contribution in [0.1, 0.15) is 6.92 Å². The first-order valence-electron chi connectivity index (χ1n) is 6.50. The number of halogens is 1. The largest absolute Gasteiger partial charge is 0.481 e. The number of likely N-dealkylation sites (N-methyl/N-ethyl adjacent to an activating group) is 1. The first-order chi connectivity index (χ1) is 10.1. The highest BCUT2D eigenvalue weighted by Gasteiger charge is 2.12. The minimum absolute atomic E-state index is 0.170. The number of carbonyl (C=O) groups is 1. The molecule has 2 aromatic carbocycles. The van der Waals surface area contributed by atoms with Crippen molar-refractivity contribution in [3.05, 3.63) is 53.6 Å². The molecule has 0 aliphatic heterocycles. The number of carbonyl (C=O) groups excluding carboxylic acids is 1. The van der Waals surface area contributed by atoms with Gasteiger partial charge in [0, 0.05) is 12.1 Å². The molecule has 2 aromatic rings. The van der Waals surface area contributed by atoms with E-state index in [4.69, 9.17) is 21.1 Å². The number of hydrogen-bond acceptors (Lipinski definition) is 3. The van der Waals surface area contributed by atoms with E-state index in [0.717, 1.165) is 0 Å². The Morgan fingerprint density at radius 3 is 2.00 bits per heavy atom. The van der Waals surface area contributed by atoms with Gasteiger partial charge in [-0.3, -0.25) is 4.79 Å². The SMILES string of the molecule is CNC(=O)C(C)Oc1ccc(Oc2ccc(Cl)cc2)cc1. The maximum absolute atomic E-state index is 11.4. The minimum atomic E-state index is -0.543. The smallest absolute Gasteiger partial charge is 0.260 e. The van der Waals surface area contributed by atoms with Crippen LogP contribution in [0, 0.1) is 0 Å². The topological polar surface area (TPSA) is 47.6 Å². The van der Waals surface area contributed by atoms with Crippen molar-refractivity contribution in [2.75, 3.05) is 7.05 Å². The molecule has 0 heterocycles. The van der Waals surface area contributed by atoms with Gasteiger partial charge >= 0.3 is 0 Å². The van der Waals surface area contributed by atoms with Gasteiger partial charge in [-0.2, -0.15) is 0 Å². The average molecular weight is 306 g/mol. The monoisotopic (exact) mass is 305 g/mol. The summed E-state index contributed by atoms with van der Waals surface area (Å²) in [7, 11) is 1.57. The summed E-state index contributed by atoms with van der Waals surface area (Å²) in [5, 5.41) is 3.20. The van der Waals surface area contributed by atoms with Gasteiger partial charge in [0.2, 0.25) is 0 Å². The molecule has 0 saturated heterocycles. The summed E-state index contributed by atoms with van der Waals surface area (Å²) in [5.74, 6) is 1.81. The van der Waals surface area contributed by atoms with Gasteiger partial charge in [0.25, 0.3) is 5.91 Å². The fourth-order valence-electron chi connectivity index (χ4n) is 1.69. The number of hydrogen-bond donors (Lipinski definition) is 1. The van der Waals surface area contributed by atoms with Crippen molar-refractivity contribution >= 4 is 17.5 Å². The zero-order chi connectivity index (χ0) is 15.2. The number of rotatable bonds is 5. The van der Waals surface area contributed by atoms with Crippen molar-refractivity contribution in [1.82, 2.24) is 5.32 Å². The van der Waals surface area contributed by atoms with Gasteiger partial charge < -0.3 is 14.8 Å². The summed E-state index contributed by atoms with van der Waals surface area (Å²) in [4.78, 5) is 11.4. The molecule has 1 atom stereocenters. The lowest BCUT2D eigenvalue weighted by Gasteiger charge is -2.13. The van der Waals surface area contributed by atoms with Crippen LogP contribution in [0.15, 0.2) is 48.5 Å². The second kappa shape index (κ2) is 6.99. The van der Waals surface area contributed by atoms with E-state index in [1.165, 1.54) is 0 Å². The quantitative estimate of drug-likeness (QED) is 0.917. The highest BCUT2D eigenvalue weighted by Crippen LogP contribution is 2.25. The lowest BCUT2D eigenvalue weighted by Crippen LogP contribution is -2.33. The molecular weight excluding hydrogens is 290 g/mol. The van der Waals surface area contributed by atoms with E-state index in [1.807, 2.05) is 0 Å². The first kappa shape index (κ1) is 15.2. The average Bonchev–Trinajstić information content (AvgIpc) is 2.50. The molecule has 5 heteroatoms. The molecule has 0 spiro atoms. The molecule has 0 saturated carbocycles. The Bertz CT molecular complexity index is 596. The van der Waals surface area contributed by atoms with Gasteiger partial charge in [0.15, 0.2) is 6.10 Å². The van der Waals surface area contributed by atoms with Crippen LogP contribution in [0.5, 0.6) is 17.2 Å². The number of nitrogens with one attached hydrogen (secondary N) is 1. The maximum atomic E-state index is 11.4. The molecule has 1 unspecified atom stereocenters. The van der Waals surface area contributed by atoms with E-state index in [2.05, 4.69) is 5.32 Å². The fourth-order valence-corrected chi connectivity index (χ4v) is 1.81. The molecule has 0 bridgehead atoms. The Morgan fingerprint density at radius 2 is 1.48 bits per heavy atom. The standard InChI is InChI=1S/C16H16ClNO3/c1-11(16(19)18-2)20-13-7-9-15(10-8-13)21-14-5-3-12(17)4-6-14/h3-11H,1-2H3,(H,18,19). The summed E-state index contributed by atoms with van der Waals surface area (Å²) in [6.45, 7) is 1.69. The Hall–Kier alpha value is -2.20. The van der Waals surface area contributed by atoms with E-state index < -0.39 is 6.10 Å². The maximum Gasteiger partial charge on any atom is 0.260 e. The van der Waals surface area contributed by atoms with Crippen molar-refractivity contribution in [1.29, 1.82) is 0 Å². The van der Waals surface area contributed by atoms with Crippen LogP contribution >= 0.6 is 11.6 Å². The molecular formula is C16H16ClNO3. The zero-order valence-corrected chi connectivity index (χ0v) is 12.6. The van der Waals surface area contributed by atoms with Crippen LogP contribution in [0.2, 0.25) is 5.02 Å². The van der Waals surface area contributed by atoms with E-state index in [-0.39, 0.29) is 5.91 Å². The Kier molecular flexibility index (Phi) is 5.06. The predicted molar refractivity (Wildman–Crippen MR) is 82.1 cm³/mol. The molecule has 1 amide bonds. The summed E-state index contributed by atoms with van der Waals surface area (Å²) in [6.07, 6.45) is -0.543. The molecule has 110 valence electrons. The van der Waals surface area contributed by atoms with Gasteiger partial charge in [-0.1, -0.05) is 11.6 Å². The molecule has 0 aliphatic carbocycles. The third-order valence-corrected chi connectivity index (χ3v) is 3.05. The van der Waals surface area contributed by atoms with E-state index in [1.54, 1.807) is 62.5 Å². The zero-order valence-electron chi connectivity index (χ0n) is 11.8. The minimum Gasteiger partial charge on any atom is -0.481 e. The molecule has 0 radical (unpaired) electrons. The van der Waals surface area contributed by atoms with E-state index in [9.17, 15) is 4.79 Å². The molecule has 21 heavy (non-hydrogen) atoms. The lowest BCUT2D eigenvalue weighted by atomic mass is 10.3. The van der Waals surface area contributed by atoms with Crippen molar-refractivity contribution in [2.24, 2.45) is 0 Å². The molecule has 1 N–H and O–H groups in total. The van der Waals surface area contributed by atoms with Gasteiger partial charge in [-0.05, 0) is 55.5 Å². The number of ether oxygens (including phenoxy) is 2. The van der Waals surface area contributed by atoms with E-state index >= 15 is 0 Å². The van der Waals surface area contributed by atoms with Crippen LogP contribution in [0.4, 0.5) is 0 Å². The molecule has 2 rings (SSSR count). The van der Waals surface area contributed by atoms with Crippen molar-refractivity contribution in [3.63, 3.8) is 0 Å². The van der Waals surface area contributed by atoms with Gasteiger partial charge in [0.05, 0.1) is 0 Å². The second-order valence-electron chi connectivity index (χ2n) is 4.40. The summed E-state index contributed by atoms with van der Waals surface area (Å²) >= 11 is 5.82. The number of amides is 1. The van der Waals surface area contributed by atoms with Crippen LogP contribution in [-0.4, -0.2) is 19.1 Å². The Labute approximate surface area is 128 Å². The van der Waals surface area contributed by atoms with Gasteiger partial charge in [-0.15, -0.1) is 0 Å². The molecule has 0 fully saturated rings. The summed E-state index contributed by atoms with van der Waals surface area (Å²) < 4.78 is 11.2. The van der Waals surface area contributed by atoms with Gasteiger partial charge in [0.1, 0.15) is 17.2 Å². The Balaban J connectivity index is 1.98.